The molecule has 0 radical (unpaired) electrons. The number of hydrogen-bond acceptors (Lipinski definition) is 4. The Labute approximate surface area is 151 Å². The zero-order chi connectivity index (χ0) is 17.8. The molecule has 0 saturated heterocycles. The Morgan fingerprint density at radius 2 is 2.08 bits per heavy atom. The fourth-order valence-corrected chi connectivity index (χ4v) is 3.75. The maximum Gasteiger partial charge on any atom is 0.252 e. The standard InChI is InChI=1S/C19H22N2O3S/c1-12-3-6-16(24-2)10-17(12)21-18(22)13-4-5-15(9-13)20-19(23)14-7-8-25-11-14/h3,6-8,10-11,13,15H,4-5,9H2,1-2H3,(H,20,23)(H,21,22)/t13-,15+/m0/s1. The first kappa shape index (κ1) is 17.5. The molecule has 0 bridgehead atoms. The van der Waals surface area contributed by atoms with E-state index in [2.05, 4.69) is 10.6 Å². The van der Waals surface area contributed by atoms with Crippen molar-refractivity contribution in [2.24, 2.45) is 5.92 Å². The molecule has 1 saturated carbocycles. The number of methoxy groups -OCH3 is 1. The fourth-order valence-electron chi connectivity index (χ4n) is 3.11. The van der Waals surface area contributed by atoms with E-state index in [0.29, 0.717) is 17.7 Å². The Morgan fingerprint density at radius 3 is 2.80 bits per heavy atom. The number of aryl methyl sites for hydroxylation is 1. The van der Waals surface area contributed by atoms with Crippen LogP contribution in [-0.2, 0) is 4.79 Å². The smallest absolute Gasteiger partial charge is 0.252 e. The number of benzene rings is 1. The van der Waals surface area contributed by atoms with Crippen LogP contribution in [0.4, 0.5) is 5.69 Å². The van der Waals surface area contributed by atoms with Crippen molar-refractivity contribution < 1.29 is 14.3 Å². The summed E-state index contributed by atoms with van der Waals surface area (Å²) in [5.74, 6) is 0.575. The fraction of sp³-hybridized carbons (Fsp3) is 0.368. The number of hydrogen-bond donors (Lipinski definition) is 2. The van der Waals surface area contributed by atoms with Gasteiger partial charge in [-0.05, 0) is 49.3 Å². The molecule has 0 spiro atoms. The highest BCUT2D eigenvalue weighted by Gasteiger charge is 2.31. The Morgan fingerprint density at radius 1 is 1.24 bits per heavy atom. The van der Waals surface area contributed by atoms with E-state index in [-0.39, 0.29) is 23.8 Å². The Hall–Kier alpha value is -2.34. The summed E-state index contributed by atoms with van der Waals surface area (Å²) in [6.45, 7) is 1.95. The zero-order valence-corrected chi connectivity index (χ0v) is 15.2. The molecular weight excluding hydrogens is 336 g/mol. The van der Waals surface area contributed by atoms with Gasteiger partial charge in [0.05, 0.1) is 7.11 Å². The summed E-state index contributed by atoms with van der Waals surface area (Å²) in [6, 6.07) is 7.49. The molecule has 132 valence electrons. The lowest BCUT2D eigenvalue weighted by Crippen LogP contribution is -2.33. The average Bonchev–Trinajstić information content (AvgIpc) is 3.28. The number of nitrogens with one attached hydrogen (secondary N) is 2. The largest absolute Gasteiger partial charge is 0.497 e. The van der Waals surface area contributed by atoms with Gasteiger partial charge in [-0.15, -0.1) is 0 Å². The molecule has 1 aliphatic rings. The lowest BCUT2D eigenvalue weighted by molar-refractivity contribution is -0.119. The molecule has 1 fully saturated rings. The number of ether oxygens (including phenoxy) is 1. The third-order valence-electron chi connectivity index (χ3n) is 4.62. The lowest BCUT2D eigenvalue weighted by atomic mass is 10.1. The monoisotopic (exact) mass is 358 g/mol. The van der Waals surface area contributed by atoms with Crippen LogP contribution in [-0.4, -0.2) is 25.0 Å². The van der Waals surface area contributed by atoms with Gasteiger partial charge in [-0.3, -0.25) is 9.59 Å². The second-order valence-corrected chi connectivity index (χ2v) is 7.14. The number of thiophene rings is 1. The van der Waals surface area contributed by atoms with E-state index in [9.17, 15) is 9.59 Å². The van der Waals surface area contributed by atoms with Crippen molar-refractivity contribution >= 4 is 28.8 Å². The topological polar surface area (TPSA) is 67.4 Å². The van der Waals surface area contributed by atoms with Crippen LogP contribution in [0.5, 0.6) is 5.75 Å². The molecule has 3 rings (SSSR count). The van der Waals surface area contributed by atoms with E-state index in [4.69, 9.17) is 4.74 Å². The minimum atomic E-state index is -0.0848. The minimum absolute atomic E-state index is 0.00337. The molecule has 1 aromatic carbocycles. The van der Waals surface area contributed by atoms with E-state index in [1.807, 2.05) is 41.9 Å². The quantitative estimate of drug-likeness (QED) is 0.858. The molecule has 5 nitrogen and oxygen atoms in total. The highest BCUT2D eigenvalue weighted by atomic mass is 32.1. The maximum absolute atomic E-state index is 12.6. The Kier molecular flexibility index (Phi) is 5.38. The van der Waals surface area contributed by atoms with E-state index in [1.54, 1.807) is 7.11 Å². The minimum Gasteiger partial charge on any atom is -0.497 e. The maximum atomic E-state index is 12.6. The second kappa shape index (κ2) is 7.70. The summed E-state index contributed by atoms with van der Waals surface area (Å²) >= 11 is 1.50. The van der Waals surface area contributed by atoms with Crippen LogP contribution in [0, 0.1) is 12.8 Å². The molecule has 1 heterocycles. The number of carbonyl (C=O) groups excluding carboxylic acids is 2. The van der Waals surface area contributed by atoms with Gasteiger partial charge < -0.3 is 15.4 Å². The lowest BCUT2D eigenvalue weighted by Gasteiger charge is -2.15. The summed E-state index contributed by atoms with van der Waals surface area (Å²) in [7, 11) is 1.61. The van der Waals surface area contributed by atoms with Gasteiger partial charge in [0.25, 0.3) is 5.91 Å². The molecule has 6 heteroatoms. The normalized spacial score (nSPS) is 19.4. The predicted octanol–water partition coefficient (Wildman–Crippen LogP) is 3.60. The number of anilines is 1. The summed E-state index contributed by atoms with van der Waals surface area (Å²) in [6.07, 6.45) is 2.28. The van der Waals surface area contributed by atoms with Crippen molar-refractivity contribution in [2.45, 2.75) is 32.2 Å². The summed E-state index contributed by atoms with van der Waals surface area (Å²) in [5, 5.41) is 9.74. The van der Waals surface area contributed by atoms with Crippen molar-refractivity contribution in [3.63, 3.8) is 0 Å². The second-order valence-electron chi connectivity index (χ2n) is 6.36. The Bertz CT molecular complexity index is 758. The third-order valence-corrected chi connectivity index (χ3v) is 5.31. The molecule has 2 amide bonds. The Balaban J connectivity index is 1.56. The van der Waals surface area contributed by atoms with Crippen molar-refractivity contribution in [2.75, 3.05) is 12.4 Å². The van der Waals surface area contributed by atoms with Gasteiger partial charge in [-0.2, -0.15) is 11.3 Å². The zero-order valence-electron chi connectivity index (χ0n) is 14.4. The first-order valence-corrected chi connectivity index (χ1v) is 9.29. The number of carbonyl (C=O) groups is 2. The van der Waals surface area contributed by atoms with Gasteiger partial charge in [0.2, 0.25) is 5.91 Å². The van der Waals surface area contributed by atoms with Crippen LogP contribution < -0.4 is 15.4 Å². The molecule has 0 aliphatic heterocycles. The van der Waals surface area contributed by atoms with Crippen LogP contribution in [0.1, 0.15) is 35.2 Å². The third kappa shape index (κ3) is 4.20. The van der Waals surface area contributed by atoms with Gasteiger partial charge in [0, 0.05) is 34.7 Å². The predicted molar refractivity (Wildman–Crippen MR) is 99.3 cm³/mol. The van der Waals surface area contributed by atoms with Crippen molar-refractivity contribution in [1.82, 2.24) is 5.32 Å². The first-order chi connectivity index (χ1) is 12.1. The van der Waals surface area contributed by atoms with Crippen LogP contribution in [0.15, 0.2) is 35.0 Å². The van der Waals surface area contributed by atoms with E-state index >= 15 is 0 Å². The molecule has 1 aliphatic carbocycles. The highest BCUT2D eigenvalue weighted by molar-refractivity contribution is 7.08. The van der Waals surface area contributed by atoms with E-state index in [0.717, 1.165) is 24.1 Å². The molecule has 0 unspecified atom stereocenters. The summed E-state index contributed by atoms with van der Waals surface area (Å²) in [4.78, 5) is 24.7. The number of amides is 2. The molecule has 2 atom stereocenters. The molecule has 1 aromatic heterocycles. The highest BCUT2D eigenvalue weighted by Crippen LogP contribution is 2.29. The molecule has 25 heavy (non-hydrogen) atoms. The van der Waals surface area contributed by atoms with Crippen LogP contribution in [0.2, 0.25) is 0 Å². The molecule has 2 N–H and O–H groups in total. The summed E-state index contributed by atoms with van der Waals surface area (Å²) in [5.41, 5.74) is 2.45. The van der Waals surface area contributed by atoms with Crippen LogP contribution >= 0.6 is 11.3 Å². The average molecular weight is 358 g/mol. The van der Waals surface area contributed by atoms with Gasteiger partial charge in [0.1, 0.15) is 5.75 Å². The van der Waals surface area contributed by atoms with Crippen molar-refractivity contribution in [1.29, 1.82) is 0 Å². The SMILES string of the molecule is COc1ccc(C)c(NC(=O)[C@H]2CC[C@@H](NC(=O)c3ccsc3)C2)c1. The van der Waals surface area contributed by atoms with Crippen LogP contribution in [0.3, 0.4) is 0 Å². The van der Waals surface area contributed by atoms with Crippen molar-refractivity contribution in [3.05, 3.63) is 46.2 Å². The van der Waals surface area contributed by atoms with Gasteiger partial charge in [-0.25, -0.2) is 0 Å². The molecular formula is C19H22N2O3S. The first-order valence-electron chi connectivity index (χ1n) is 8.35. The van der Waals surface area contributed by atoms with Gasteiger partial charge in [0.15, 0.2) is 0 Å². The van der Waals surface area contributed by atoms with Crippen LogP contribution in [0.25, 0.3) is 0 Å². The summed E-state index contributed by atoms with van der Waals surface area (Å²) < 4.78 is 5.22. The van der Waals surface area contributed by atoms with Crippen molar-refractivity contribution in [3.8, 4) is 5.75 Å². The number of rotatable bonds is 5. The van der Waals surface area contributed by atoms with Gasteiger partial charge in [-0.1, -0.05) is 6.07 Å². The van der Waals surface area contributed by atoms with E-state index < -0.39 is 0 Å². The van der Waals surface area contributed by atoms with E-state index in [1.165, 1.54) is 11.3 Å². The molecule has 2 aromatic rings. The van der Waals surface area contributed by atoms with Gasteiger partial charge >= 0.3 is 0 Å².